The summed E-state index contributed by atoms with van der Waals surface area (Å²) in [6, 6.07) is 13.5. The van der Waals surface area contributed by atoms with Crippen molar-refractivity contribution < 1.29 is 17.6 Å². The molecule has 2 rings (SSSR count). The normalized spacial score (nSPS) is 13.7. The number of rotatable bonds is 7. The Kier molecular flexibility index (Phi) is 6.37. The van der Waals surface area contributed by atoms with E-state index < -0.39 is 27.8 Å². The van der Waals surface area contributed by atoms with Crippen molar-refractivity contribution in [2.45, 2.75) is 32.4 Å². The first-order valence-corrected chi connectivity index (χ1v) is 10.2. The number of hydrogen-bond acceptors (Lipinski definition) is 3. The zero-order valence-corrected chi connectivity index (χ0v) is 15.8. The smallest absolute Gasteiger partial charge is 0.244 e. The van der Waals surface area contributed by atoms with Crippen LogP contribution in [0.5, 0.6) is 0 Å². The van der Waals surface area contributed by atoms with Gasteiger partial charge in [-0.1, -0.05) is 49.4 Å². The Balaban J connectivity index is 2.33. The number of carbonyl (C=O) groups is 1. The van der Waals surface area contributed by atoms with Crippen LogP contribution >= 0.6 is 0 Å². The first-order valence-electron chi connectivity index (χ1n) is 8.35. The average Bonchev–Trinajstić information content (AvgIpc) is 2.60. The second-order valence-electron chi connectivity index (χ2n) is 6.08. The summed E-state index contributed by atoms with van der Waals surface area (Å²) in [5.74, 6) is -1.17. The van der Waals surface area contributed by atoms with Crippen LogP contribution in [0.1, 0.15) is 31.9 Å². The summed E-state index contributed by atoms with van der Waals surface area (Å²) in [7, 11) is -3.86. The molecule has 2 aromatic rings. The summed E-state index contributed by atoms with van der Waals surface area (Å²) >= 11 is 0. The molecule has 140 valence electrons. The highest BCUT2D eigenvalue weighted by atomic mass is 32.2. The lowest BCUT2D eigenvalue weighted by atomic mass is 10.1. The number of hydrogen-bond donors (Lipinski definition) is 1. The molecule has 0 bridgehead atoms. The molecule has 5 nitrogen and oxygen atoms in total. The van der Waals surface area contributed by atoms with Crippen LogP contribution < -0.4 is 9.62 Å². The second kappa shape index (κ2) is 8.31. The lowest BCUT2D eigenvalue weighted by molar-refractivity contribution is -0.122. The molecule has 0 spiro atoms. The average molecular weight is 378 g/mol. The zero-order chi connectivity index (χ0) is 19.3. The Hall–Kier alpha value is -2.41. The van der Waals surface area contributed by atoms with E-state index in [4.69, 9.17) is 0 Å². The molecule has 0 aliphatic carbocycles. The molecule has 0 saturated heterocycles. The van der Waals surface area contributed by atoms with Crippen LogP contribution in [-0.4, -0.2) is 26.6 Å². The van der Waals surface area contributed by atoms with Gasteiger partial charge in [-0.3, -0.25) is 9.10 Å². The predicted molar refractivity (Wildman–Crippen MR) is 101 cm³/mol. The van der Waals surface area contributed by atoms with Crippen LogP contribution in [0.15, 0.2) is 54.6 Å². The molecule has 1 N–H and O–H groups in total. The first kappa shape index (κ1) is 19.9. The van der Waals surface area contributed by atoms with Gasteiger partial charge >= 0.3 is 0 Å². The van der Waals surface area contributed by atoms with E-state index in [2.05, 4.69) is 5.32 Å². The van der Waals surface area contributed by atoms with Gasteiger partial charge in [0.1, 0.15) is 11.9 Å². The number of amides is 1. The summed E-state index contributed by atoms with van der Waals surface area (Å²) in [4.78, 5) is 12.8. The van der Waals surface area contributed by atoms with E-state index in [1.165, 1.54) is 24.3 Å². The molecule has 0 aromatic heterocycles. The molecular formula is C19H23FN2O3S. The summed E-state index contributed by atoms with van der Waals surface area (Å²) < 4.78 is 39.7. The van der Waals surface area contributed by atoms with Gasteiger partial charge in [0, 0.05) is 0 Å². The standard InChI is InChI=1S/C19H23FN2O3S/c1-4-17(19(23)21-14(2)15-10-6-5-7-11-15)22(26(3,24)25)18-13-9-8-12-16(18)20/h5-14,17H,4H2,1-3H3,(H,21,23)/t14-,17-/m1/s1. The van der Waals surface area contributed by atoms with E-state index in [9.17, 15) is 17.6 Å². The Bertz CT molecular complexity index is 856. The molecule has 7 heteroatoms. The molecule has 0 aliphatic heterocycles. The minimum atomic E-state index is -3.86. The first-order chi connectivity index (χ1) is 12.3. The summed E-state index contributed by atoms with van der Waals surface area (Å²) in [5, 5.41) is 2.82. The van der Waals surface area contributed by atoms with Crippen LogP contribution in [-0.2, 0) is 14.8 Å². The Morgan fingerprint density at radius 3 is 2.23 bits per heavy atom. The van der Waals surface area contributed by atoms with Gasteiger partial charge in [-0.15, -0.1) is 0 Å². The minimum absolute atomic E-state index is 0.135. The SMILES string of the molecule is CC[C@H](C(=O)N[C@H](C)c1ccccc1)N(c1ccccc1F)S(C)(=O)=O. The van der Waals surface area contributed by atoms with Crippen LogP contribution in [0.2, 0.25) is 0 Å². The van der Waals surface area contributed by atoms with Gasteiger partial charge < -0.3 is 5.32 Å². The van der Waals surface area contributed by atoms with Crippen LogP contribution in [0.25, 0.3) is 0 Å². The van der Waals surface area contributed by atoms with Crippen LogP contribution in [0, 0.1) is 5.82 Å². The molecule has 0 heterocycles. The van der Waals surface area contributed by atoms with Gasteiger partial charge in [-0.05, 0) is 31.0 Å². The molecule has 0 aliphatic rings. The van der Waals surface area contributed by atoms with Gasteiger partial charge in [0.05, 0.1) is 18.0 Å². The quantitative estimate of drug-likeness (QED) is 0.804. The number of benzene rings is 2. The predicted octanol–water partition coefficient (Wildman–Crippen LogP) is 3.25. The molecule has 0 unspecified atom stereocenters. The van der Waals surface area contributed by atoms with Crippen molar-refractivity contribution in [2.75, 3.05) is 10.6 Å². The molecule has 1 amide bonds. The van der Waals surface area contributed by atoms with Gasteiger partial charge in [0.15, 0.2) is 0 Å². The number of nitrogens with zero attached hydrogens (tertiary/aromatic N) is 1. The maximum absolute atomic E-state index is 14.2. The Morgan fingerprint density at radius 2 is 1.69 bits per heavy atom. The topological polar surface area (TPSA) is 66.5 Å². The molecule has 0 saturated carbocycles. The number of para-hydroxylation sites is 1. The van der Waals surface area contributed by atoms with Crippen molar-refractivity contribution in [1.82, 2.24) is 5.32 Å². The van der Waals surface area contributed by atoms with Crippen molar-refractivity contribution in [1.29, 1.82) is 0 Å². The molecule has 0 fully saturated rings. The maximum atomic E-state index is 14.2. The van der Waals surface area contributed by atoms with Gasteiger partial charge in [-0.25, -0.2) is 12.8 Å². The third-order valence-corrected chi connectivity index (χ3v) is 5.24. The van der Waals surface area contributed by atoms with E-state index in [1.807, 2.05) is 37.3 Å². The monoisotopic (exact) mass is 378 g/mol. The molecular weight excluding hydrogens is 355 g/mol. The third-order valence-electron chi connectivity index (χ3n) is 4.08. The van der Waals surface area contributed by atoms with Crippen LogP contribution in [0.4, 0.5) is 10.1 Å². The van der Waals surface area contributed by atoms with Crippen molar-refractivity contribution in [3.05, 3.63) is 66.0 Å². The van der Waals surface area contributed by atoms with Gasteiger partial charge in [0.2, 0.25) is 15.9 Å². The maximum Gasteiger partial charge on any atom is 0.244 e. The second-order valence-corrected chi connectivity index (χ2v) is 7.93. The lowest BCUT2D eigenvalue weighted by Crippen LogP contribution is -2.50. The Labute approximate surface area is 153 Å². The highest BCUT2D eigenvalue weighted by molar-refractivity contribution is 7.92. The number of sulfonamides is 1. The molecule has 2 atom stereocenters. The molecule has 26 heavy (non-hydrogen) atoms. The number of carbonyl (C=O) groups excluding carboxylic acids is 1. The highest BCUT2D eigenvalue weighted by Gasteiger charge is 2.33. The fraction of sp³-hybridized carbons (Fsp3) is 0.316. The van der Waals surface area contributed by atoms with E-state index in [1.54, 1.807) is 6.92 Å². The molecule has 2 aromatic carbocycles. The fourth-order valence-corrected chi connectivity index (χ4v) is 4.01. The van der Waals surface area contributed by atoms with Crippen LogP contribution in [0.3, 0.4) is 0 Å². The highest BCUT2D eigenvalue weighted by Crippen LogP contribution is 2.26. The lowest BCUT2D eigenvalue weighted by Gasteiger charge is -2.31. The van der Waals surface area contributed by atoms with Crippen molar-refractivity contribution in [2.24, 2.45) is 0 Å². The van der Waals surface area contributed by atoms with Gasteiger partial charge in [0.25, 0.3) is 0 Å². The fourth-order valence-electron chi connectivity index (χ4n) is 2.80. The number of anilines is 1. The minimum Gasteiger partial charge on any atom is -0.348 e. The third kappa shape index (κ3) is 4.60. The summed E-state index contributed by atoms with van der Waals surface area (Å²) in [6.45, 7) is 3.50. The summed E-state index contributed by atoms with van der Waals surface area (Å²) in [6.07, 6.45) is 1.17. The van der Waals surface area contributed by atoms with Crippen molar-refractivity contribution in [3.63, 3.8) is 0 Å². The summed E-state index contributed by atoms with van der Waals surface area (Å²) in [5.41, 5.74) is 0.761. The zero-order valence-electron chi connectivity index (χ0n) is 15.0. The largest absolute Gasteiger partial charge is 0.348 e. The molecule has 0 radical (unpaired) electrons. The van der Waals surface area contributed by atoms with Crippen molar-refractivity contribution in [3.8, 4) is 0 Å². The van der Waals surface area contributed by atoms with E-state index >= 15 is 0 Å². The Morgan fingerprint density at radius 1 is 1.12 bits per heavy atom. The number of halogens is 1. The number of nitrogens with one attached hydrogen (secondary N) is 1. The van der Waals surface area contributed by atoms with E-state index in [0.29, 0.717) is 0 Å². The van der Waals surface area contributed by atoms with E-state index in [-0.39, 0.29) is 18.2 Å². The van der Waals surface area contributed by atoms with E-state index in [0.717, 1.165) is 16.1 Å². The van der Waals surface area contributed by atoms with Gasteiger partial charge in [-0.2, -0.15) is 0 Å². The van der Waals surface area contributed by atoms with Crippen molar-refractivity contribution >= 4 is 21.6 Å².